The van der Waals surface area contributed by atoms with Crippen LogP contribution in [0.4, 0.5) is 0 Å². The van der Waals surface area contributed by atoms with E-state index in [1.807, 2.05) is 38.1 Å². The van der Waals surface area contributed by atoms with Crippen LogP contribution in [-0.2, 0) is 0 Å². The van der Waals surface area contributed by atoms with E-state index in [9.17, 15) is 15.0 Å². The molecule has 0 aromatic heterocycles. The van der Waals surface area contributed by atoms with Gasteiger partial charge < -0.3 is 10.2 Å². The number of hydrogen-bond acceptors (Lipinski definition) is 2. The number of phenols is 1. The second kappa shape index (κ2) is 5.37. The van der Waals surface area contributed by atoms with Crippen LogP contribution in [0.5, 0.6) is 5.75 Å². The van der Waals surface area contributed by atoms with E-state index in [-0.39, 0.29) is 17.2 Å². The first-order valence-electron chi connectivity index (χ1n) is 6.54. The number of rotatable bonds is 3. The first kappa shape index (κ1) is 14.1. The molecule has 2 aromatic carbocycles. The molecule has 0 bridgehead atoms. The van der Waals surface area contributed by atoms with Crippen LogP contribution in [0.1, 0.15) is 45.5 Å². The maximum atomic E-state index is 11.3. The number of benzene rings is 2. The lowest BCUT2D eigenvalue weighted by atomic mass is 9.87. The fourth-order valence-corrected chi connectivity index (χ4v) is 2.57. The van der Waals surface area contributed by atoms with Crippen molar-refractivity contribution >= 4 is 5.97 Å². The predicted molar refractivity (Wildman–Crippen MR) is 78.5 cm³/mol. The minimum Gasteiger partial charge on any atom is -0.507 e. The average molecular weight is 270 g/mol. The van der Waals surface area contributed by atoms with Gasteiger partial charge in [0.15, 0.2) is 0 Å². The van der Waals surface area contributed by atoms with E-state index in [1.54, 1.807) is 19.1 Å². The molecular formula is C17H18O3. The van der Waals surface area contributed by atoms with Gasteiger partial charge in [0.05, 0.1) is 0 Å². The van der Waals surface area contributed by atoms with Gasteiger partial charge in [0.1, 0.15) is 11.3 Å². The van der Waals surface area contributed by atoms with E-state index in [1.165, 1.54) is 0 Å². The van der Waals surface area contributed by atoms with Gasteiger partial charge in [-0.1, -0.05) is 43.3 Å². The summed E-state index contributed by atoms with van der Waals surface area (Å²) in [6.07, 6.45) is 0. The van der Waals surface area contributed by atoms with Crippen molar-refractivity contribution in [2.45, 2.75) is 26.7 Å². The predicted octanol–water partition coefficient (Wildman–Crippen LogP) is 3.86. The zero-order valence-electron chi connectivity index (χ0n) is 11.8. The molecule has 1 unspecified atom stereocenters. The fraction of sp³-hybridized carbons (Fsp3) is 0.235. The standard InChI is InChI=1S/C17H18O3/c1-10-6-4-5-7-13(10)12(3)14-9-8-11(2)15(16(14)18)17(19)20/h4-9,12,18H,1-3H3,(H,19,20). The Morgan fingerprint density at radius 3 is 2.25 bits per heavy atom. The highest BCUT2D eigenvalue weighted by atomic mass is 16.4. The molecule has 104 valence electrons. The van der Waals surface area contributed by atoms with Gasteiger partial charge in [-0.2, -0.15) is 0 Å². The molecular weight excluding hydrogens is 252 g/mol. The largest absolute Gasteiger partial charge is 0.507 e. The highest BCUT2D eigenvalue weighted by Crippen LogP contribution is 2.35. The summed E-state index contributed by atoms with van der Waals surface area (Å²) in [6, 6.07) is 11.5. The lowest BCUT2D eigenvalue weighted by Crippen LogP contribution is -2.05. The van der Waals surface area contributed by atoms with Crippen LogP contribution in [-0.4, -0.2) is 16.2 Å². The minimum atomic E-state index is -1.10. The summed E-state index contributed by atoms with van der Waals surface area (Å²) in [5, 5.41) is 19.5. The third-order valence-electron chi connectivity index (χ3n) is 3.75. The summed E-state index contributed by atoms with van der Waals surface area (Å²) in [5.41, 5.74) is 3.40. The number of hydrogen-bond donors (Lipinski definition) is 2. The molecule has 0 aliphatic carbocycles. The van der Waals surface area contributed by atoms with Crippen LogP contribution in [0.15, 0.2) is 36.4 Å². The van der Waals surface area contributed by atoms with E-state index in [0.29, 0.717) is 11.1 Å². The zero-order valence-corrected chi connectivity index (χ0v) is 11.8. The smallest absolute Gasteiger partial charge is 0.339 e. The van der Waals surface area contributed by atoms with Crippen LogP contribution in [0.25, 0.3) is 0 Å². The SMILES string of the molecule is Cc1ccccc1C(C)c1ccc(C)c(C(=O)O)c1O. The van der Waals surface area contributed by atoms with E-state index in [0.717, 1.165) is 11.1 Å². The van der Waals surface area contributed by atoms with Crippen LogP contribution < -0.4 is 0 Å². The first-order chi connectivity index (χ1) is 9.43. The number of aromatic hydroxyl groups is 1. The molecule has 0 radical (unpaired) electrons. The van der Waals surface area contributed by atoms with E-state index < -0.39 is 5.97 Å². The van der Waals surface area contributed by atoms with Gasteiger partial charge in [-0.05, 0) is 30.5 Å². The molecule has 2 aromatic rings. The Morgan fingerprint density at radius 2 is 1.65 bits per heavy atom. The highest BCUT2D eigenvalue weighted by molar-refractivity contribution is 5.93. The average Bonchev–Trinajstić information content (AvgIpc) is 2.38. The minimum absolute atomic E-state index is 0.0112. The van der Waals surface area contributed by atoms with Crippen LogP contribution in [0, 0.1) is 13.8 Å². The lowest BCUT2D eigenvalue weighted by molar-refractivity contribution is 0.0692. The van der Waals surface area contributed by atoms with Crippen molar-refractivity contribution in [2.75, 3.05) is 0 Å². The maximum Gasteiger partial charge on any atom is 0.339 e. The van der Waals surface area contributed by atoms with Crippen LogP contribution >= 0.6 is 0 Å². The lowest BCUT2D eigenvalue weighted by Gasteiger charge is -2.18. The Kier molecular flexibility index (Phi) is 3.79. The summed E-state index contributed by atoms with van der Waals surface area (Å²) in [4.78, 5) is 11.3. The van der Waals surface area contributed by atoms with Gasteiger partial charge in [-0.3, -0.25) is 0 Å². The fourth-order valence-electron chi connectivity index (χ4n) is 2.57. The molecule has 3 nitrogen and oxygen atoms in total. The molecule has 3 heteroatoms. The molecule has 2 rings (SSSR count). The summed E-state index contributed by atoms with van der Waals surface area (Å²) in [7, 11) is 0. The Bertz CT molecular complexity index is 659. The van der Waals surface area contributed by atoms with Gasteiger partial charge in [0.25, 0.3) is 0 Å². The maximum absolute atomic E-state index is 11.3. The van der Waals surface area contributed by atoms with Gasteiger partial charge in [-0.25, -0.2) is 4.79 Å². The van der Waals surface area contributed by atoms with Crippen molar-refractivity contribution in [3.05, 3.63) is 64.2 Å². The molecule has 1 atom stereocenters. The molecule has 0 heterocycles. The number of carboxylic acid groups (broad SMARTS) is 1. The van der Waals surface area contributed by atoms with Crippen molar-refractivity contribution in [3.8, 4) is 5.75 Å². The Hall–Kier alpha value is -2.29. The van der Waals surface area contributed by atoms with Crippen LogP contribution in [0.3, 0.4) is 0 Å². The Morgan fingerprint density at radius 1 is 1.00 bits per heavy atom. The van der Waals surface area contributed by atoms with Crippen molar-refractivity contribution in [1.29, 1.82) is 0 Å². The number of carbonyl (C=O) groups is 1. The van der Waals surface area contributed by atoms with E-state index in [4.69, 9.17) is 0 Å². The Labute approximate surface area is 118 Å². The number of aromatic carboxylic acids is 1. The summed E-state index contributed by atoms with van der Waals surface area (Å²) in [6.45, 7) is 5.67. The zero-order chi connectivity index (χ0) is 14.9. The third-order valence-corrected chi connectivity index (χ3v) is 3.75. The molecule has 0 saturated heterocycles. The molecule has 20 heavy (non-hydrogen) atoms. The highest BCUT2D eigenvalue weighted by Gasteiger charge is 2.21. The van der Waals surface area contributed by atoms with E-state index in [2.05, 4.69) is 0 Å². The summed E-state index contributed by atoms with van der Waals surface area (Å²) < 4.78 is 0. The molecule has 0 aliphatic rings. The normalized spacial score (nSPS) is 12.2. The van der Waals surface area contributed by atoms with Crippen molar-refractivity contribution in [2.24, 2.45) is 0 Å². The second-order valence-electron chi connectivity index (χ2n) is 5.08. The van der Waals surface area contributed by atoms with Crippen LogP contribution in [0.2, 0.25) is 0 Å². The molecule has 0 fully saturated rings. The quantitative estimate of drug-likeness (QED) is 0.890. The van der Waals surface area contributed by atoms with Crippen molar-refractivity contribution in [1.82, 2.24) is 0 Å². The summed E-state index contributed by atoms with van der Waals surface area (Å²) >= 11 is 0. The second-order valence-corrected chi connectivity index (χ2v) is 5.08. The first-order valence-corrected chi connectivity index (χ1v) is 6.54. The summed E-state index contributed by atoms with van der Waals surface area (Å²) in [5.74, 6) is -1.29. The van der Waals surface area contributed by atoms with Gasteiger partial charge in [-0.15, -0.1) is 0 Å². The molecule has 0 aliphatic heterocycles. The third kappa shape index (κ3) is 2.39. The van der Waals surface area contributed by atoms with Gasteiger partial charge in [0.2, 0.25) is 0 Å². The van der Waals surface area contributed by atoms with Gasteiger partial charge >= 0.3 is 5.97 Å². The monoisotopic (exact) mass is 270 g/mol. The molecule has 0 amide bonds. The Balaban J connectivity index is 2.57. The van der Waals surface area contributed by atoms with Gasteiger partial charge in [0, 0.05) is 11.5 Å². The molecule has 0 spiro atoms. The molecule has 2 N–H and O–H groups in total. The van der Waals surface area contributed by atoms with E-state index >= 15 is 0 Å². The number of carboxylic acids is 1. The number of aryl methyl sites for hydroxylation is 2. The van der Waals surface area contributed by atoms with Crippen molar-refractivity contribution < 1.29 is 15.0 Å². The molecule has 0 saturated carbocycles. The van der Waals surface area contributed by atoms with Crippen molar-refractivity contribution in [3.63, 3.8) is 0 Å². The topological polar surface area (TPSA) is 57.5 Å².